The van der Waals surface area contributed by atoms with Gasteiger partial charge >= 0.3 is 0 Å². The minimum absolute atomic E-state index is 0.0512. The summed E-state index contributed by atoms with van der Waals surface area (Å²) in [5, 5.41) is 34.7. The van der Waals surface area contributed by atoms with Gasteiger partial charge in [-0.2, -0.15) is 0 Å². The first kappa shape index (κ1) is 19.3. The lowest BCUT2D eigenvalue weighted by Crippen LogP contribution is -2.26. The average Bonchev–Trinajstić information content (AvgIpc) is 2.87. The Labute approximate surface area is 120 Å². The molecule has 3 unspecified atom stereocenters. The van der Waals surface area contributed by atoms with E-state index in [9.17, 15) is 0 Å². The predicted octanol–water partition coefficient (Wildman–Crippen LogP) is 1.10. The third-order valence-corrected chi connectivity index (χ3v) is 2.99. The number of unbranched alkanes of at least 4 members (excludes halogenated alkanes) is 1. The average molecular weight is 292 g/mol. The summed E-state index contributed by atoms with van der Waals surface area (Å²) in [5.74, 6) is -0.586. The molecule has 0 aromatic heterocycles. The normalized spacial score (nSPS) is 27.9. The Hall–Kier alpha value is -0.660. The fourth-order valence-electron chi connectivity index (χ4n) is 1.49. The Bertz CT molecular complexity index is 281. The number of hydrogen-bond donors (Lipinski definition) is 4. The minimum atomic E-state index is -1.11. The first-order valence-corrected chi connectivity index (χ1v) is 7.02. The molecule has 0 aromatic rings. The maximum Gasteiger partial charge on any atom is 0.165 e. The molecule has 0 radical (unpaired) electrons. The van der Waals surface area contributed by atoms with Gasteiger partial charge in [0.1, 0.15) is 18.0 Å². The SMILES string of the molecule is CCC1(C)OCC(CO)O1.CCCC=C(O)C(O)CO. The van der Waals surface area contributed by atoms with E-state index in [4.69, 9.17) is 29.9 Å². The second-order valence-electron chi connectivity index (χ2n) is 4.84. The van der Waals surface area contributed by atoms with Crippen LogP contribution in [0.15, 0.2) is 11.8 Å². The van der Waals surface area contributed by atoms with Crippen molar-refractivity contribution in [1.29, 1.82) is 0 Å². The van der Waals surface area contributed by atoms with Crippen molar-refractivity contribution < 1.29 is 29.9 Å². The molecule has 1 aliphatic heterocycles. The number of allylic oxidation sites excluding steroid dienone is 1. The van der Waals surface area contributed by atoms with E-state index < -0.39 is 18.5 Å². The summed E-state index contributed by atoms with van der Waals surface area (Å²) in [6, 6.07) is 0. The lowest BCUT2D eigenvalue weighted by Gasteiger charge is -2.20. The van der Waals surface area contributed by atoms with E-state index in [2.05, 4.69) is 0 Å². The highest BCUT2D eigenvalue weighted by atomic mass is 16.7. The molecule has 6 nitrogen and oxygen atoms in total. The largest absolute Gasteiger partial charge is 0.510 e. The van der Waals surface area contributed by atoms with Crippen molar-refractivity contribution in [1.82, 2.24) is 0 Å². The molecule has 1 rings (SSSR count). The van der Waals surface area contributed by atoms with Crippen LogP contribution < -0.4 is 0 Å². The highest BCUT2D eigenvalue weighted by molar-refractivity contribution is 4.97. The Morgan fingerprint density at radius 2 is 2.05 bits per heavy atom. The number of hydrogen-bond acceptors (Lipinski definition) is 6. The molecule has 1 fully saturated rings. The van der Waals surface area contributed by atoms with Crippen molar-refractivity contribution in [2.75, 3.05) is 19.8 Å². The van der Waals surface area contributed by atoms with E-state index in [1.165, 1.54) is 6.08 Å². The quantitative estimate of drug-likeness (QED) is 0.547. The van der Waals surface area contributed by atoms with Gasteiger partial charge in [-0.1, -0.05) is 20.3 Å². The van der Waals surface area contributed by atoms with Gasteiger partial charge in [0.25, 0.3) is 0 Å². The zero-order valence-corrected chi connectivity index (χ0v) is 12.6. The third-order valence-electron chi connectivity index (χ3n) is 2.99. The molecule has 0 amide bonds. The summed E-state index contributed by atoms with van der Waals surface area (Å²) in [6.07, 6.45) is 2.76. The van der Waals surface area contributed by atoms with Gasteiger partial charge in [0.05, 0.1) is 19.8 Å². The molecule has 1 aliphatic rings. The molecule has 0 spiro atoms. The van der Waals surface area contributed by atoms with Crippen LogP contribution in [0, 0.1) is 0 Å². The topological polar surface area (TPSA) is 99.4 Å². The van der Waals surface area contributed by atoms with Crippen molar-refractivity contribution >= 4 is 0 Å². The van der Waals surface area contributed by atoms with Gasteiger partial charge in [-0.3, -0.25) is 0 Å². The summed E-state index contributed by atoms with van der Waals surface area (Å²) >= 11 is 0. The molecule has 120 valence electrons. The molecule has 3 atom stereocenters. The van der Waals surface area contributed by atoms with E-state index in [1.54, 1.807) is 0 Å². The summed E-state index contributed by atoms with van der Waals surface area (Å²) in [7, 11) is 0. The van der Waals surface area contributed by atoms with Gasteiger partial charge in [0.15, 0.2) is 5.79 Å². The Balaban J connectivity index is 0.000000361. The van der Waals surface area contributed by atoms with Crippen molar-refractivity contribution in [3.63, 3.8) is 0 Å². The van der Waals surface area contributed by atoms with Crippen LogP contribution in [0.4, 0.5) is 0 Å². The van der Waals surface area contributed by atoms with Gasteiger partial charge in [-0.05, 0) is 25.8 Å². The van der Waals surface area contributed by atoms with Crippen LogP contribution >= 0.6 is 0 Å². The monoisotopic (exact) mass is 292 g/mol. The van der Waals surface area contributed by atoms with Crippen molar-refractivity contribution in [3.8, 4) is 0 Å². The molecular weight excluding hydrogens is 264 g/mol. The second kappa shape index (κ2) is 10.1. The van der Waals surface area contributed by atoms with Crippen LogP contribution in [0.25, 0.3) is 0 Å². The van der Waals surface area contributed by atoms with Crippen LogP contribution in [0.5, 0.6) is 0 Å². The van der Waals surface area contributed by atoms with Crippen LogP contribution in [0.2, 0.25) is 0 Å². The van der Waals surface area contributed by atoms with Gasteiger partial charge in [-0.15, -0.1) is 0 Å². The molecule has 1 saturated heterocycles. The van der Waals surface area contributed by atoms with E-state index in [-0.39, 0.29) is 18.5 Å². The molecule has 20 heavy (non-hydrogen) atoms. The first-order chi connectivity index (χ1) is 9.42. The van der Waals surface area contributed by atoms with E-state index in [1.807, 2.05) is 20.8 Å². The van der Waals surface area contributed by atoms with Gasteiger partial charge in [0.2, 0.25) is 0 Å². The van der Waals surface area contributed by atoms with Crippen molar-refractivity contribution in [2.24, 2.45) is 0 Å². The maximum atomic E-state index is 8.90. The highest BCUT2D eigenvalue weighted by Crippen LogP contribution is 2.25. The molecule has 0 aromatic carbocycles. The fourth-order valence-corrected chi connectivity index (χ4v) is 1.49. The van der Waals surface area contributed by atoms with Gasteiger partial charge < -0.3 is 29.9 Å². The Kier molecular flexibility index (Phi) is 9.79. The summed E-state index contributed by atoms with van der Waals surface area (Å²) in [5.41, 5.74) is 0. The van der Waals surface area contributed by atoms with Crippen molar-refractivity contribution in [2.45, 2.75) is 58.0 Å². The summed E-state index contributed by atoms with van der Waals surface area (Å²) < 4.78 is 10.7. The zero-order valence-electron chi connectivity index (χ0n) is 12.6. The lowest BCUT2D eigenvalue weighted by molar-refractivity contribution is -0.158. The Morgan fingerprint density at radius 1 is 1.40 bits per heavy atom. The summed E-state index contributed by atoms with van der Waals surface area (Å²) in [4.78, 5) is 0. The molecule has 0 saturated carbocycles. The van der Waals surface area contributed by atoms with E-state index >= 15 is 0 Å². The molecule has 0 bridgehead atoms. The van der Waals surface area contributed by atoms with E-state index in [0.29, 0.717) is 6.61 Å². The standard InChI is InChI=1S/2C7H14O3/c1-3-7(2)9-5-6(4-8)10-7;1-2-3-4-6(9)7(10)5-8/h6,8H,3-5H2,1-2H3;4,7-10H,2-3,5H2,1H3. The summed E-state index contributed by atoms with van der Waals surface area (Å²) in [6.45, 7) is 6.00. The number of aliphatic hydroxyl groups is 4. The smallest absolute Gasteiger partial charge is 0.165 e. The number of aliphatic hydroxyl groups excluding tert-OH is 4. The minimum Gasteiger partial charge on any atom is -0.510 e. The predicted molar refractivity (Wildman–Crippen MR) is 75.3 cm³/mol. The molecule has 6 heteroatoms. The lowest BCUT2D eigenvalue weighted by atomic mass is 10.2. The van der Waals surface area contributed by atoms with Crippen LogP contribution in [0.1, 0.15) is 40.0 Å². The van der Waals surface area contributed by atoms with Crippen LogP contribution in [-0.4, -0.2) is 58.2 Å². The molecular formula is C14H28O6. The van der Waals surface area contributed by atoms with Crippen LogP contribution in [0.3, 0.4) is 0 Å². The fraction of sp³-hybridized carbons (Fsp3) is 0.857. The zero-order chi connectivity index (χ0) is 15.6. The van der Waals surface area contributed by atoms with Crippen LogP contribution in [-0.2, 0) is 9.47 Å². The molecule has 1 heterocycles. The van der Waals surface area contributed by atoms with Gasteiger partial charge in [-0.25, -0.2) is 0 Å². The maximum absolute atomic E-state index is 8.90. The second-order valence-corrected chi connectivity index (χ2v) is 4.84. The highest BCUT2D eigenvalue weighted by Gasteiger charge is 2.34. The third kappa shape index (κ3) is 7.21. The molecule has 0 aliphatic carbocycles. The first-order valence-electron chi connectivity index (χ1n) is 7.02. The molecule has 4 N–H and O–H groups in total. The van der Waals surface area contributed by atoms with Crippen molar-refractivity contribution in [3.05, 3.63) is 11.8 Å². The Morgan fingerprint density at radius 3 is 2.40 bits per heavy atom. The van der Waals surface area contributed by atoms with Gasteiger partial charge in [0, 0.05) is 0 Å². The van der Waals surface area contributed by atoms with E-state index in [0.717, 1.165) is 19.3 Å². The number of rotatable bonds is 6. The number of ether oxygens (including phenoxy) is 2.